The van der Waals surface area contributed by atoms with Gasteiger partial charge >= 0.3 is 0 Å². The fourth-order valence-corrected chi connectivity index (χ4v) is 2.87. The van der Waals surface area contributed by atoms with Crippen LogP contribution in [0.25, 0.3) is 11.0 Å². The molecule has 0 aliphatic carbocycles. The Hall–Kier alpha value is -1.35. The van der Waals surface area contributed by atoms with Crippen LogP contribution in [-0.2, 0) is 5.41 Å². The first kappa shape index (κ1) is 10.8. The predicted octanol–water partition coefficient (Wildman–Crippen LogP) is 2.45. The normalized spacial score (nSPS) is 24.9. The molecule has 1 atom stereocenters. The summed E-state index contributed by atoms with van der Waals surface area (Å²) in [6.45, 7) is 6.71. The fourth-order valence-electron chi connectivity index (χ4n) is 2.87. The maximum Gasteiger partial charge on any atom is 0.115 e. The van der Waals surface area contributed by atoms with Crippen LogP contribution in [0.1, 0.15) is 26.1 Å². The van der Waals surface area contributed by atoms with Gasteiger partial charge in [-0.05, 0) is 31.0 Å². The molecule has 0 amide bonds. The van der Waals surface area contributed by atoms with Gasteiger partial charge in [-0.2, -0.15) is 0 Å². The van der Waals surface area contributed by atoms with Gasteiger partial charge in [0.2, 0.25) is 0 Å². The summed E-state index contributed by atoms with van der Waals surface area (Å²) in [7, 11) is 0. The predicted molar refractivity (Wildman–Crippen MR) is 70.1 cm³/mol. The lowest BCUT2D eigenvalue weighted by Crippen LogP contribution is -2.35. The van der Waals surface area contributed by atoms with Gasteiger partial charge in [0.25, 0.3) is 0 Å². The lowest BCUT2D eigenvalue weighted by molar-refractivity contribution is 0.321. The van der Waals surface area contributed by atoms with Crippen LogP contribution in [0.5, 0.6) is 0 Å². The van der Waals surface area contributed by atoms with E-state index in [9.17, 15) is 0 Å². The van der Waals surface area contributed by atoms with E-state index in [0.29, 0.717) is 5.92 Å². The molecule has 1 aliphatic rings. The lowest BCUT2D eigenvalue weighted by atomic mass is 9.76. The number of imidazole rings is 1. The molecule has 2 aromatic rings. The van der Waals surface area contributed by atoms with Gasteiger partial charge in [0.05, 0.1) is 11.0 Å². The number of benzene rings is 1. The average molecular weight is 229 g/mol. The van der Waals surface area contributed by atoms with Crippen molar-refractivity contribution in [1.82, 2.24) is 15.3 Å². The SMILES string of the molecule is CC(C)C1(c2nc3ccccc3[nH]2)CCNC1. The molecule has 3 heteroatoms. The first-order valence-corrected chi connectivity index (χ1v) is 6.38. The molecule has 2 heterocycles. The summed E-state index contributed by atoms with van der Waals surface area (Å²) < 4.78 is 0. The molecule has 1 fully saturated rings. The van der Waals surface area contributed by atoms with E-state index in [1.54, 1.807) is 0 Å². The molecule has 0 radical (unpaired) electrons. The van der Waals surface area contributed by atoms with Crippen molar-refractivity contribution in [2.75, 3.05) is 13.1 Å². The van der Waals surface area contributed by atoms with Gasteiger partial charge in [0.15, 0.2) is 0 Å². The molecule has 1 saturated heterocycles. The number of rotatable bonds is 2. The number of hydrogen-bond acceptors (Lipinski definition) is 2. The minimum Gasteiger partial charge on any atom is -0.341 e. The van der Waals surface area contributed by atoms with Crippen molar-refractivity contribution in [3.05, 3.63) is 30.1 Å². The van der Waals surface area contributed by atoms with Crippen molar-refractivity contribution in [3.63, 3.8) is 0 Å². The second-order valence-corrected chi connectivity index (χ2v) is 5.34. The first-order valence-electron chi connectivity index (χ1n) is 6.38. The zero-order valence-electron chi connectivity index (χ0n) is 10.5. The standard InChI is InChI=1S/C14H19N3/c1-10(2)14(7-8-15-9-14)13-16-11-5-3-4-6-12(11)17-13/h3-6,10,15H,7-9H2,1-2H3,(H,16,17). The Labute approximate surface area is 102 Å². The summed E-state index contributed by atoms with van der Waals surface area (Å²) in [6, 6.07) is 8.27. The zero-order chi connectivity index (χ0) is 11.9. The number of aromatic nitrogens is 2. The van der Waals surface area contributed by atoms with Crippen LogP contribution >= 0.6 is 0 Å². The summed E-state index contributed by atoms with van der Waals surface area (Å²) >= 11 is 0. The molecule has 0 saturated carbocycles. The van der Waals surface area contributed by atoms with Gasteiger partial charge in [0, 0.05) is 12.0 Å². The van der Waals surface area contributed by atoms with Crippen molar-refractivity contribution in [2.45, 2.75) is 25.7 Å². The second kappa shape index (κ2) is 3.84. The minimum atomic E-state index is 0.180. The molecular formula is C14H19N3. The minimum absolute atomic E-state index is 0.180. The Morgan fingerprint density at radius 2 is 2.12 bits per heavy atom. The Morgan fingerprint density at radius 1 is 1.29 bits per heavy atom. The summed E-state index contributed by atoms with van der Waals surface area (Å²) in [5.41, 5.74) is 2.41. The van der Waals surface area contributed by atoms with Crippen LogP contribution in [0.15, 0.2) is 24.3 Å². The van der Waals surface area contributed by atoms with E-state index in [1.807, 2.05) is 6.07 Å². The molecule has 3 rings (SSSR count). The Morgan fingerprint density at radius 3 is 2.76 bits per heavy atom. The van der Waals surface area contributed by atoms with Crippen LogP contribution in [0.4, 0.5) is 0 Å². The number of H-pyrrole nitrogens is 1. The Kier molecular flexibility index (Phi) is 2.44. The highest BCUT2D eigenvalue weighted by molar-refractivity contribution is 5.75. The number of hydrogen-bond donors (Lipinski definition) is 2. The zero-order valence-corrected chi connectivity index (χ0v) is 10.5. The smallest absolute Gasteiger partial charge is 0.115 e. The highest BCUT2D eigenvalue weighted by Crippen LogP contribution is 2.36. The third-order valence-electron chi connectivity index (χ3n) is 4.15. The van der Waals surface area contributed by atoms with E-state index in [-0.39, 0.29) is 5.41 Å². The quantitative estimate of drug-likeness (QED) is 0.830. The molecule has 1 aliphatic heterocycles. The largest absolute Gasteiger partial charge is 0.341 e. The van der Waals surface area contributed by atoms with E-state index >= 15 is 0 Å². The highest BCUT2D eigenvalue weighted by Gasteiger charge is 2.41. The van der Waals surface area contributed by atoms with Crippen molar-refractivity contribution in [3.8, 4) is 0 Å². The van der Waals surface area contributed by atoms with Crippen LogP contribution in [0, 0.1) is 5.92 Å². The van der Waals surface area contributed by atoms with Crippen LogP contribution in [-0.4, -0.2) is 23.1 Å². The van der Waals surface area contributed by atoms with Crippen molar-refractivity contribution in [2.24, 2.45) is 5.92 Å². The van der Waals surface area contributed by atoms with Crippen molar-refractivity contribution >= 4 is 11.0 Å². The Balaban J connectivity index is 2.12. The number of nitrogens with zero attached hydrogens (tertiary/aromatic N) is 1. The van der Waals surface area contributed by atoms with E-state index in [0.717, 1.165) is 29.9 Å². The van der Waals surface area contributed by atoms with Crippen molar-refractivity contribution < 1.29 is 0 Å². The molecule has 3 nitrogen and oxygen atoms in total. The number of fused-ring (bicyclic) bond motifs is 1. The van der Waals surface area contributed by atoms with Gasteiger partial charge < -0.3 is 10.3 Å². The molecule has 0 bridgehead atoms. The molecule has 17 heavy (non-hydrogen) atoms. The van der Waals surface area contributed by atoms with Gasteiger partial charge in [-0.1, -0.05) is 26.0 Å². The molecule has 90 valence electrons. The maximum absolute atomic E-state index is 4.79. The topological polar surface area (TPSA) is 40.7 Å². The third-order valence-corrected chi connectivity index (χ3v) is 4.15. The van der Waals surface area contributed by atoms with Crippen LogP contribution in [0.2, 0.25) is 0 Å². The Bertz CT molecular complexity index is 488. The van der Waals surface area contributed by atoms with Crippen LogP contribution < -0.4 is 5.32 Å². The highest BCUT2D eigenvalue weighted by atomic mass is 15.0. The fraction of sp³-hybridized carbons (Fsp3) is 0.500. The summed E-state index contributed by atoms with van der Waals surface area (Å²) in [4.78, 5) is 8.30. The molecule has 1 aromatic heterocycles. The van der Waals surface area contributed by atoms with Gasteiger partial charge in [0.1, 0.15) is 5.82 Å². The van der Waals surface area contributed by atoms with Gasteiger partial charge in [-0.3, -0.25) is 0 Å². The van der Waals surface area contributed by atoms with E-state index < -0.39 is 0 Å². The lowest BCUT2D eigenvalue weighted by Gasteiger charge is -2.30. The summed E-state index contributed by atoms with van der Waals surface area (Å²) in [6.07, 6.45) is 1.17. The number of aromatic amines is 1. The maximum atomic E-state index is 4.79. The molecule has 1 unspecified atom stereocenters. The molecule has 2 N–H and O–H groups in total. The molecule has 0 spiro atoms. The molecule has 1 aromatic carbocycles. The van der Waals surface area contributed by atoms with Gasteiger partial charge in [-0.15, -0.1) is 0 Å². The molecular weight excluding hydrogens is 210 g/mol. The van der Waals surface area contributed by atoms with E-state index in [2.05, 4.69) is 42.3 Å². The summed E-state index contributed by atoms with van der Waals surface area (Å²) in [5.74, 6) is 1.75. The van der Waals surface area contributed by atoms with Gasteiger partial charge in [-0.25, -0.2) is 4.98 Å². The third kappa shape index (κ3) is 1.57. The number of para-hydroxylation sites is 2. The van der Waals surface area contributed by atoms with Crippen LogP contribution in [0.3, 0.4) is 0 Å². The summed E-state index contributed by atoms with van der Waals surface area (Å²) in [5, 5.41) is 3.48. The van der Waals surface area contributed by atoms with E-state index in [1.165, 1.54) is 6.42 Å². The average Bonchev–Trinajstić information content (AvgIpc) is 2.96. The van der Waals surface area contributed by atoms with Crippen molar-refractivity contribution in [1.29, 1.82) is 0 Å². The second-order valence-electron chi connectivity index (χ2n) is 5.34. The van der Waals surface area contributed by atoms with E-state index in [4.69, 9.17) is 4.98 Å². The first-order chi connectivity index (χ1) is 8.22. The number of nitrogens with one attached hydrogen (secondary N) is 2. The monoisotopic (exact) mass is 229 g/mol.